The Bertz CT molecular complexity index is 1400. The number of hydrogen-bond acceptors (Lipinski definition) is 6. The van der Waals surface area contributed by atoms with Gasteiger partial charge in [0.2, 0.25) is 0 Å². The molecule has 0 fully saturated rings. The van der Waals surface area contributed by atoms with E-state index in [1.807, 2.05) is 48.8 Å². The third-order valence-electron chi connectivity index (χ3n) is 5.66. The van der Waals surface area contributed by atoms with Gasteiger partial charge in [-0.05, 0) is 70.8 Å². The molecule has 3 aromatic carbocycles. The smallest absolute Gasteiger partial charge is 0.0765 e. The number of benzene rings is 3. The fourth-order valence-corrected chi connectivity index (χ4v) is 5.53. The van der Waals surface area contributed by atoms with Crippen LogP contribution in [0.1, 0.15) is 22.3 Å². The number of nitrogens with zero attached hydrogens (tertiary/aromatic N) is 4. The van der Waals surface area contributed by atoms with Crippen molar-refractivity contribution in [3.63, 3.8) is 0 Å². The first-order chi connectivity index (χ1) is 18.8. The molecule has 0 spiro atoms. The highest BCUT2D eigenvalue weighted by Crippen LogP contribution is 2.33. The predicted molar refractivity (Wildman–Crippen MR) is 169 cm³/mol. The fraction of sp³-hybridized carbons (Fsp3) is 0.0625. The van der Waals surface area contributed by atoms with Gasteiger partial charge in [0.05, 0.1) is 11.4 Å². The van der Waals surface area contributed by atoms with E-state index in [2.05, 4.69) is 70.6 Å². The summed E-state index contributed by atoms with van der Waals surface area (Å²) in [6.45, 7) is 0. The van der Waals surface area contributed by atoms with E-state index in [1.54, 1.807) is 48.3 Å². The van der Waals surface area contributed by atoms with Crippen molar-refractivity contribution in [2.45, 2.75) is 21.3 Å². The van der Waals surface area contributed by atoms with Crippen molar-refractivity contribution in [2.24, 2.45) is 9.98 Å². The van der Waals surface area contributed by atoms with E-state index < -0.39 is 0 Å². The lowest BCUT2D eigenvalue weighted by Gasteiger charge is -2.08. The summed E-state index contributed by atoms with van der Waals surface area (Å²) in [5, 5.41) is 0. The minimum atomic E-state index is 0. The molecule has 202 valence electrons. The fourth-order valence-electron chi connectivity index (χ4n) is 3.61. The molecule has 0 radical (unpaired) electrons. The standard InChI is InChI=1S/C32H26N4S2.2H2O/c1-3-7-31(29(5-1)35-21-25-13-17-33-18-14-25)37-23-27-9-11-28(12-10-27)24-38-32-8-4-2-6-30(32)36-22-26-15-19-34-20-16-26;;/h1-22H,23-24H2;2*1H2. The van der Waals surface area contributed by atoms with Crippen molar-refractivity contribution in [3.8, 4) is 0 Å². The maximum atomic E-state index is 4.70. The van der Waals surface area contributed by atoms with Gasteiger partial charge in [0.25, 0.3) is 0 Å². The van der Waals surface area contributed by atoms with Crippen LogP contribution < -0.4 is 0 Å². The highest BCUT2D eigenvalue weighted by molar-refractivity contribution is 7.99. The summed E-state index contributed by atoms with van der Waals surface area (Å²) in [4.78, 5) is 19.9. The molecule has 5 aromatic rings. The summed E-state index contributed by atoms with van der Waals surface area (Å²) in [5.74, 6) is 1.78. The van der Waals surface area contributed by atoms with E-state index in [-0.39, 0.29) is 11.0 Å². The molecule has 8 heteroatoms. The van der Waals surface area contributed by atoms with Gasteiger partial charge in [-0.15, -0.1) is 23.5 Å². The third-order valence-corrected chi connectivity index (χ3v) is 7.93. The van der Waals surface area contributed by atoms with Gasteiger partial charge in [0, 0.05) is 58.5 Å². The van der Waals surface area contributed by atoms with E-state index in [0.29, 0.717) is 0 Å². The number of pyridine rings is 2. The number of thioether (sulfide) groups is 2. The monoisotopic (exact) mass is 566 g/mol. The van der Waals surface area contributed by atoms with Crippen molar-refractivity contribution in [2.75, 3.05) is 0 Å². The summed E-state index contributed by atoms with van der Waals surface area (Å²) >= 11 is 3.61. The number of aliphatic imine (C=N–C) groups is 2. The van der Waals surface area contributed by atoms with Gasteiger partial charge in [0.1, 0.15) is 0 Å². The first-order valence-corrected chi connectivity index (χ1v) is 14.2. The van der Waals surface area contributed by atoms with Crippen LogP contribution in [0, 0.1) is 0 Å². The van der Waals surface area contributed by atoms with Crippen LogP contribution in [-0.4, -0.2) is 33.3 Å². The zero-order valence-electron chi connectivity index (χ0n) is 21.7. The third kappa shape index (κ3) is 9.00. The molecule has 2 aromatic heterocycles. The van der Waals surface area contributed by atoms with E-state index in [4.69, 9.17) is 9.98 Å². The molecule has 0 aliphatic rings. The molecule has 0 atom stereocenters. The van der Waals surface area contributed by atoms with Crippen LogP contribution in [0.4, 0.5) is 11.4 Å². The van der Waals surface area contributed by atoms with Crippen LogP contribution in [0.15, 0.2) is 142 Å². The van der Waals surface area contributed by atoms with Crippen LogP contribution in [0.5, 0.6) is 0 Å². The Balaban J connectivity index is 0.00000220. The van der Waals surface area contributed by atoms with Crippen molar-refractivity contribution in [1.29, 1.82) is 0 Å². The topological polar surface area (TPSA) is 114 Å². The van der Waals surface area contributed by atoms with E-state index in [0.717, 1.165) is 34.0 Å². The summed E-state index contributed by atoms with van der Waals surface area (Å²) in [5.41, 5.74) is 6.62. The van der Waals surface area contributed by atoms with E-state index in [1.165, 1.54) is 20.9 Å². The van der Waals surface area contributed by atoms with Crippen LogP contribution in [0.25, 0.3) is 0 Å². The Labute approximate surface area is 243 Å². The minimum absolute atomic E-state index is 0. The van der Waals surface area contributed by atoms with Gasteiger partial charge in [-0.25, -0.2) is 0 Å². The van der Waals surface area contributed by atoms with Crippen molar-refractivity contribution in [3.05, 3.63) is 144 Å². The van der Waals surface area contributed by atoms with Gasteiger partial charge in [0.15, 0.2) is 0 Å². The largest absolute Gasteiger partial charge is 0.412 e. The van der Waals surface area contributed by atoms with Crippen molar-refractivity contribution in [1.82, 2.24) is 9.97 Å². The van der Waals surface area contributed by atoms with E-state index >= 15 is 0 Å². The number of para-hydroxylation sites is 2. The van der Waals surface area contributed by atoms with Crippen molar-refractivity contribution >= 4 is 47.3 Å². The molecule has 0 bridgehead atoms. The quantitative estimate of drug-likeness (QED) is 0.135. The van der Waals surface area contributed by atoms with Crippen LogP contribution in [-0.2, 0) is 11.5 Å². The molecule has 0 aliphatic heterocycles. The SMILES string of the molecule is C(=Nc1ccccc1SCc1ccc(CSc2ccccc2N=Cc2ccncc2)cc1)c1ccncc1.O.O. The predicted octanol–water partition coefficient (Wildman–Crippen LogP) is 6.91. The Morgan fingerprint density at radius 2 is 0.875 bits per heavy atom. The first-order valence-electron chi connectivity index (χ1n) is 12.2. The maximum absolute atomic E-state index is 4.70. The van der Waals surface area contributed by atoms with Crippen LogP contribution in [0.2, 0.25) is 0 Å². The molecule has 0 aliphatic carbocycles. The number of rotatable bonds is 10. The molecule has 40 heavy (non-hydrogen) atoms. The lowest BCUT2D eigenvalue weighted by Crippen LogP contribution is -1.86. The summed E-state index contributed by atoms with van der Waals surface area (Å²) in [7, 11) is 0. The van der Waals surface area contributed by atoms with Gasteiger partial charge in [-0.2, -0.15) is 0 Å². The normalized spacial score (nSPS) is 10.8. The molecule has 6 nitrogen and oxygen atoms in total. The Morgan fingerprint density at radius 1 is 0.500 bits per heavy atom. The zero-order valence-corrected chi connectivity index (χ0v) is 23.4. The van der Waals surface area contributed by atoms with Crippen LogP contribution in [0.3, 0.4) is 0 Å². The molecule has 0 saturated heterocycles. The minimum Gasteiger partial charge on any atom is -0.412 e. The molecule has 0 unspecified atom stereocenters. The first kappa shape index (κ1) is 30.5. The highest BCUT2D eigenvalue weighted by Gasteiger charge is 2.05. The van der Waals surface area contributed by atoms with E-state index in [9.17, 15) is 0 Å². The summed E-state index contributed by atoms with van der Waals surface area (Å²) in [6.07, 6.45) is 10.9. The van der Waals surface area contributed by atoms with Crippen molar-refractivity contribution < 1.29 is 11.0 Å². The molecular formula is C32H30N4O2S2. The van der Waals surface area contributed by atoms with Gasteiger partial charge < -0.3 is 11.0 Å². The zero-order chi connectivity index (χ0) is 25.8. The molecule has 0 amide bonds. The lowest BCUT2D eigenvalue weighted by molar-refractivity contribution is 0.823. The molecular weight excluding hydrogens is 537 g/mol. The van der Waals surface area contributed by atoms with Crippen LogP contribution >= 0.6 is 23.5 Å². The molecule has 2 heterocycles. The highest BCUT2D eigenvalue weighted by atomic mass is 32.2. The molecule has 5 rings (SSSR count). The lowest BCUT2D eigenvalue weighted by atomic mass is 10.2. The second-order valence-electron chi connectivity index (χ2n) is 8.41. The molecule has 0 saturated carbocycles. The second-order valence-corrected chi connectivity index (χ2v) is 10.4. The van der Waals surface area contributed by atoms with Gasteiger partial charge in [-0.1, -0.05) is 48.5 Å². The van der Waals surface area contributed by atoms with Gasteiger partial charge >= 0.3 is 0 Å². The Hall–Kier alpha value is -4.08. The maximum Gasteiger partial charge on any atom is 0.0765 e. The average molecular weight is 567 g/mol. The van der Waals surface area contributed by atoms with Gasteiger partial charge in [-0.3, -0.25) is 20.0 Å². The Kier molecular flexibility index (Phi) is 12.3. The summed E-state index contributed by atoms with van der Waals surface area (Å²) < 4.78 is 0. The number of hydrogen-bond donors (Lipinski definition) is 0. The Morgan fingerprint density at radius 3 is 1.27 bits per heavy atom. The number of aromatic nitrogens is 2. The average Bonchev–Trinajstić information content (AvgIpc) is 2.99. The summed E-state index contributed by atoms with van der Waals surface area (Å²) in [6, 6.07) is 33.2. The second kappa shape index (κ2) is 16.1. The molecule has 4 N–H and O–H groups in total.